The van der Waals surface area contributed by atoms with Crippen molar-refractivity contribution < 1.29 is 25.2 Å². The van der Waals surface area contributed by atoms with E-state index in [2.05, 4.69) is 36.9 Å². The van der Waals surface area contributed by atoms with Crippen LogP contribution in [0.3, 0.4) is 0 Å². The van der Waals surface area contributed by atoms with Gasteiger partial charge in [-0.2, -0.15) is 0 Å². The summed E-state index contributed by atoms with van der Waals surface area (Å²) in [5, 5.41) is 17.4. The Morgan fingerprint density at radius 2 is 0.838 bits per heavy atom. The maximum atomic E-state index is 5.51. The van der Waals surface area contributed by atoms with Gasteiger partial charge in [-0.05, 0) is 0 Å². The summed E-state index contributed by atoms with van der Waals surface area (Å²) < 4.78 is 4.12. The second kappa shape index (κ2) is 14.2. The number of benzene rings is 4. The summed E-state index contributed by atoms with van der Waals surface area (Å²) in [6, 6.07) is 38.8. The van der Waals surface area contributed by atoms with Crippen LogP contribution >= 0.6 is 24.4 Å². The molecule has 2 N–H and O–H groups in total. The number of azo groups is 2. The van der Waals surface area contributed by atoms with Crippen molar-refractivity contribution in [2.75, 3.05) is 5.55 Å². The summed E-state index contributed by atoms with van der Waals surface area (Å²) in [5.41, 5.74) is 9.89. The zero-order chi connectivity index (χ0) is 25.7. The maximum absolute atomic E-state index is 5.51. The van der Waals surface area contributed by atoms with Crippen LogP contribution in [0.2, 0.25) is 0 Å². The van der Waals surface area contributed by atoms with Crippen LogP contribution < -0.4 is 16.4 Å². The van der Waals surface area contributed by atoms with E-state index in [-0.39, 0.29) is 10.2 Å². The zero-order valence-corrected chi connectivity index (χ0v) is 26.9. The Morgan fingerprint density at radius 1 is 0.514 bits per heavy atom. The van der Waals surface area contributed by atoms with Gasteiger partial charge in [-0.3, -0.25) is 0 Å². The molecule has 0 bridgehead atoms. The summed E-state index contributed by atoms with van der Waals surface area (Å²) in [6.45, 7) is 0. The summed E-state index contributed by atoms with van der Waals surface area (Å²) in [7, 11) is 0. The van der Waals surface area contributed by atoms with Gasteiger partial charge in [0.2, 0.25) is 0 Å². The first-order valence-corrected chi connectivity index (χ1v) is 17.1. The molecule has 0 aliphatic carbocycles. The third kappa shape index (κ3) is 8.78. The van der Waals surface area contributed by atoms with Gasteiger partial charge in [-0.1, -0.05) is 0 Å². The van der Waals surface area contributed by atoms with E-state index >= 15 is 0 Å². The van der Waals surface area contributed by atoms with Crippen LogP contribution in [0.1, 0.15) is 0 Å². The van der Waals surface area contributed by atoms with Crippen LogP contribution in [0, 0.1) is 0 Å². The van der Waals surface area contributed by atoms with Gasteiger partial charge in [0.1, 0.15) is 0 Å². The van der Waals surface area contributed by atoms with E-state index in [1.54, 1.807) is 0 Å². The van der Waals surface area contributed by atoms with E-state index in [4.69, 9.17) is 24.4 Å². The number of nitrogens with zero attached hydrogens (tertiary/aromatic N) is 6. The molecule has 0 amide bonds. The van der Waals surface area contributed by atoms with Gasteiger partial charge < -0.3 is 0 Å². The van der Waals surface area contributed by atoms with E-state index < -0.39 is 25.2 Å². The molecule has 180 valence electrons. The van der Waals surface area contributed by atoms with Crippen LogP contribution in [0.4, 0.5) is 22.7 Å². The number of nitrogens with one attached hydrogen (secondary N) is 2. The number of para-hydroxylation sites is 2. The number of hydrazine groups is 2. The van der Waals surface area contributed by atoms with Crippen molar-refractivity contribution in [3.8, 4) is 0 Å². The molecule has 0 aliphatic rings. The van der Waals surface area contributed by atoms with Crippen molar-refractivity contribution in [1.82, 2.24) is 10.9 Å². The quantitative estimate of drug-likeness (QED) is 0.0883. The minimum atomic E-state index is -2.31. The number of rotatable bonds is 8. The molecule has 37 heavy (non-hydrogen) atoms. The molecule has 0 saturated carbocycles. The van der Waals surface area contributed by atoms with Crippen LogP contribution in [0.15, 0.2) is 142 Å². The number of thiocarbonyl (C=S) groups is 2. The van der Waals surface area contributed by atoms with Crippen molar-refractivity contribution in [3.63, 3.8) is 0 Å². The first kappa shape index (κ1) is 26.5. The summed E-state index contributed by atoms with van der Waals surface area (Å²) in [4.78, 5) is 0. The average molecular weight is 711 g/mol. The second-order valence-corrected chi connectivity index (χ2v) is 14.4. The molecule has 4 aromatic rings. The Hall–Kier alpha value is -3.60. The normalized spacial score (nSPS) is 10.6. The molecule has 0 radical (unpaired) electrons. The molecule has 0 fully saturated rings. The van der Waals surface area contributed by atoms with E-state index in [9.17, 15) is 0 Å². The zero-order valence-electron chi connectivity index (χ0n) is 19.8. The second-order valence-electron chi connectivity index (χ2n) is 7.57. The van der Waals surface area contributed by atoms with E-state index in [0.717, 1.165) is 22.7 Å². The van der Waals surface area contributed by atoms with Crippen LogP contribution in [0.5, 0.6) is 0 Å². The molecular formula is C26H22HgN8S2. The Labute approximate surface area is 239 Å². The predicted molar refractivity (Wildman–Crippen MR) is 151 cm³/mol. The monoisotopic (exact) mass is 712 g/mol. The summed E-state index contributed by atoms with van der Waals surface area (Å²) >= 11 is 8.70. The molecule has 0 spiro atoms. The Balaban J connectivity index is 1.53. The Morgan fingerprint density at radius 3 is 1.19 bits per heavy atom. The van der Waals surface area contributed by atoms with Gasteiger partial charge in [0.15, 0.2) is 0 Å². The molecule has 4 rings (SSSR count). The van der Waals surface area contributed by atoms with Crippen molar-refractivity contribution in [2.24, 2.45) is 20.5 Å². The molecule has 0 aromatic heterocycles. The first-order valence-electron chi connectivity index (χ1n) is 11.4. The summed E-state index contributed by atoms with van der Waals surface area (Å²) in [6.07, 6.45) is 0. The first-order chi connectivity index (χ1) is 18.2. The molecular weight excluding hydrogens is 689 g/mol. The van der Waals surface area contributed by atoms with Crippen molar-refractivity contribution in [1.29, 1.82) is 0 Å². The molecule has 0 saturated heterocycles. The molecule has 0 aliphatic heterocycles. The van der Waals surface area contributed by atoms with E-state index in [0.29, 0.717) is 0 Å². The van der Waals surface area contributed by atoms with Crippen LogP contribution in [-0.2, 0) is 25.2 Å². The van der Waals surface area contributed by atoms with Gasteiger partial charge in [-0.15, -0.1) is 0 Å². The van der Waals surface area contributed by atoms with Gasteiger partial charge in [0.05, 0.1) is 0 Å². The molecule has 0 unspecified atom stereocenters. The molecule has 0 atom stereocenters. The molecule has 8 nitrogen and oxygen atoms in total. The standard InChI is InChI=1S/2C13H12N4S.Hg/c2*18-13(16-14-11-7-3-1-4-8-11)17-15-12-9-5-2-6-10-12;/h2*1-10H,(H2,14,15,16,17,18);/q;;+2/p-2. The SMILES string of the molecule is S=C(N=Nc1ccccc1)N[N]([Hg][N](NC(=S)N=Nc1ccccc1)c1ccccc1)c1ccccc1. The topological polar surface area (TPSA) is 80.0 Å². The third-order valence-corrected chi connectivity index (χ3v) is 11.5. The summed E-state index contributed by atoms with van der Waals surface area (Å²) in [5.74, 6) is 0. The molecule has 11 heteroatoms. The van der Waals surface area contributed by atoms with Crippen molar-refractivity contribution in [3.05, 3.63) is 121 Å². The molecule has 4 aromatic carbocycles. The van der Waals surface area contributed by atoms with Crippen molar-refractivity contribution >= 4 is 57.4 Å². The van der Waals surface area contributed by atoms with E-state index in [1.807, 2.05) is 121 Å². The van der Waals surface area contributed by atoms with Gasteiger partial charge in [0, 0.05) is 0 Å². The van der Waals surface area contributed by atoms with Gasteiger partial charge in [0.25, 0.3) is 0 Å². The van der Waals surface area contributed by atoms with Gasteiger partial charge >= 0.3 is 241 Å². The Bertz CT molecular complexity index is 1240. The number of hydrogen-bond acceptors (Lipinski definition) is 6. The predicted octanol–water partition coefficient (Wildman–Crippen LogP) is 7.06. The third-order valence-electron chi connectivity index (χ3n) is 4.90. The average Bonchev–Trinajstić information content (AvgIpc) is 2.96. The van der Waals surface area contributed by atoms with Gasteiger partial charge in [-0.25, -0.2) is 0 Å². The Kier molecular flexibility index (Phi) is 10.2. The fraction of sp³-hybridized carbons (Fsp3) is 0. The molecule has 0 heterocycles. The van der Waals surface area contributed by atoms with Crippen molar-refractivity contribution in [2.45, 2.75) is 0 Å². The minimum absolute atomic E-state index is 0.257. The van der Waals surface area contributed by atoms with Crippen LogP contribution in [-0.4, -0.2) is 10.2 Å². The fourth-order valence-corrected chi connectivity index (χ4v) is 10.1. The van der Waals surface area contributed by atoms with E-state index in [1.165, 1.54) is 0 Å². The fourth-order valence-electron chi connectivity index (χ4n) is 3.19. The van der Waals surface area contributed by atoms with Crippen LogP contribution in [0.25, 0.3) is 0 Å². The number of hydrogen-bond donors (Lipinski definition) is 2. The number of anilines is 2.